The summed E-state index contributed by atoms with van der Waals surface area (Å²) in [5.41, 5.74) is 2.07. The van der Waals surface area contributed by atoms with E-state index in [1.54, 1.807) is 6.92 Å². The molecular weight excluding hydrogens is 254 g/mol. The first-order chi connectivity index (χ1) is 9.65. The van der Waals surface area contributed by atoms with Crippen molar-refractivity contribution in [1.82, 2.24) is 9.80 Å². The molecule has 2 aliphatic heterocycles. The van der Waals surface area contributed by atoms with E-state index in [9.17, 15) is 9.59 Å². The number of rotatable bonds is 1. The highest BCUT2D eigenvalue weighted by molar-refractivity contribution is 5.92. The fourth-order valence-electron chi connectivity index (χ4n) is 3.01. The van der Waals surface area contributed by atoms with Gasteiger partial charge in [0.2, 0.25) is 5.91 Å². The SMILES string of the molecule is CC(=O)N1CCC(N2Cc3ccccc3NC2=O)CC1. The molecule has 20 heavy (non-hydrogen) atoms. The summed E-state index contributed by atoms with van der Waals surface area (Å²) in [7, 11) is 0. The Labute approximate surface area is 118 Å². The summed E-state index contributed by atoms with van der Waals surface area (Å²) >= 11 is 0. The molecule has 0 unspecified atom stereocenters. The number of fused-ring (bicyclic) bond motifs is 1. The van der Waals surface area contributed by atoms with Gasteiger partial charge in [0.05, 0.1) is 0 Å². The average Bonchev–Trinajstić information content (AvgIpc) is 2.46. The van der Waals surface area contributed by atoms with Gasteiger partial charge in [0.1, 0.15) is 0 Å². The maximum atomic E-state index is 12.2. The smallest absolute Gasteiger partial charge is 0.322 e. The van der Waals surface area contributed by atoms with Crippen molar-refractivity contribution >= 4 is 17.6 Å². The van der Waals surface area contributed by atoms with Gasteiger partial charge < -0.3 is 15.1 Å². The molecule has 106 valence electrons. The Morgan fingerprint density at radius 3 is 2.65 bits per heavy atom. The molecule has 1 saturated heterocycles. The summed E-state index contributed by atoms with van der Waals surface area (Å²) < 4.78 is 0. The minimum Gasteiger partial charge on any atom is -0.343 e. The number of nitrogens with one attached hydrogen (secondary N) is 1. The molecule has 3 rings (SSSR count). The van der Waals surface area contributed by atoms with Crippen LogP contribution in [0, 0.1) is 0 Å². The highest BCUT2D eigenvalue weighted by atomic mass is 16.2. The van der Waals surface area contributed by atoms with E-state index in [1.807, 2.05) is 34.1 Å². The molecule has 3 amide bonds. The van der Waals surface area contributed by atoms with Gasteiger partial charge in [-0.2, -0.15) is 0 Å². The number of carbonyl (C=O) groups is 2. The average molecular weight is 273 g/mol. The predicted molar refractivity (Wildman–Crippen MR) is 76.3 cm³/mol. The van der Waals surface area contributed by atoms with Gasteiger partial charge in [-0.25, -0.2) is 4.79 Å². The molecule has 0 aliphatic carbocycles. The monoisotopic (exact) mass is 273 g/mol. The van der Waals surface area contributed by atoms with Gasteiger partial charge in [0.15, 0.2) is 0 Å². The second kappa shape index (κ2) is 5.15. The molecule has 2 heterocycles. The van der Waals surface area contributed by atoms with Crippen molar-refractivity contribution in [2.75, 3.05) is 18.4 Å². The molecule has 1 aromatic rings. The van der Waals surface area contributed by atoms with E-state index < -0.39 is 0 Å². The van der Waals surface area contributed by atoms with E-state index in [4.69, 9.17) is 0 Å². The summed E-state index contributed by atoms with van der Waals surface area (Å²) in [5, 5.41) is 2.95. The number of amides is 3. The Kier molecular flexibility index (Phi) is 3.34. The lowest BCUT2D eigenvalue weighted by Gasteiger charge is -2.40. The zero-order valence-electron chi connectivity index (χ0n) is 11.6. The number of nitrogens with zero attached hydrogens (tertiary/aromatic N) is 2. The third kappa shape index (κ3) is 2.35. The Morgan fingerprint density at radius 1 is 1.25 bits per heavy atom. The highest BCUT2D eigenvalue weighted by Gasteiger charge is 2.31. The molecule has 5 nitrogen and oxygen atoms in total. The molecule has 0 aromatic heterocycles. The van der Waals surface area contributed by atoms with Gasteiger partial charge >= 0.3 is 6.03 Å². The van der Waals surface area contributed by atoms with Crippen molar-refractivity contribution in [3.8, 4) is 0 Å². The lowest BCUT2D eigenvalue weighted by molar-refractivity contribution is -0.130. The molecule has 5 heteroatoms. The standard InChI is InChI=1S/C15H19N3O2/c1-11(19)17-8-6-13(7-9-17)18-10-12-4-2-3-5-14(12)16-15(18)20/h2-5,13H,6-10H2,1H3,(H,16,20). The van der Waals surface area contributed by atoms with Crippen molar-refractivity contribution in [3.63, 3.8) is 0 Å². The third-order valence-corrected chi connectivity index (χ3v) is 4.21. The molecule has 1 aromatic carbocycles. The van der Waals surface area contributed by atoms with Gasteiger partial charge in [-0.05, 0) is 24.5 Å². The van der Waals surface area contributed by atoms with Crippen LogP contribution in [0.2, 0.25) is 0 Å². The topological polar surface area (TPSA) is 52.7 Å². The molecule has 0 bridgehead atoms. The van der Waals surface area contributed by atoms with Crippen molar-refractivity contribution in [3.05, 3.63) is 29.8 Å². The summed E-state index contributed by atoms with van der Waals surface area (Å²) in [5.74, 6) is 0.122. The Balaban J connectivity index is 1.70. The predicted octanol–water partition coefficient (Wildman–Crippen LogP) is 2.04. The van der Waals surface area contributed by atoms with Crippen LogP contribution in [-0.4, -0.2) is 40.9 Å². The van der Waals surface area contributed by atoms with Crippen LogP contribution in [0.4, 0.5) is 10.5 Å². The molecule has 0 radical (unpaired) electrons. The molecule has 1 N–H and O–H groups in total. The van der Waals surface area contributed by atoms with Crippen LogP contribution in [0.3, 0.4) is 0 Å². The molecular formula is C15H19N3O2. The minimum atomic E-state index is -0.0232. The van der Waals surface area contributed by atoms with Gasteiger partial charge in [0.25, 0.3) is 0 Å². The van der Waals surface area contributed by atoms with Crippen LogP contribution in [0.15, 0.2) is 24.3 Å². The van der Waals surface area contributed by atoms with Crippen LogP contribution in [0.1, 0.15) is 25.3 Å². The molecule has 0 spiro atoms. The summed E-state index contributed by atoms with van der Waals surface area (Å²) in [6.45, 7) is 3.74. The maximum Gasteiger partial charge on any atom is 0.322 e. The largest absolute Gasteiger partial charge is 0.343 e. The van der Waals surface area contributed by atoms with Gasteiger partial charge in [-0.3, -0.25) is 4.79 Å². The maximum absolute atomic E-state index is 12.2. The first-order valence-corrected chi connectivity index (χ1v) is 7.06. The van der Waals surface area contributed by atoms with E-state index >= 15 is 0 Å². The fourth-order valence-corrected chi connectivity index (χ4v) is 3.01. The normalized spacial score (nSPS) is 19.6. The summed E-state index contributed by atoms with van der Waals surface area (Å²) in [4.78, 5) is 27.3. The van der Waals surface area contributed by atoms with Crippen molar-refractivity contribution in [2.24, 2.45) is 0 Å². The second-order valence-electron chi connectivity index (χ2n) is 5.45. The van der Waals surface area contributed by atoms with Crippen LogP contribution in [0.25, 0.3) is 0 Å². The second-order valence-corrected chi connectivity index (χ2v) is 5.45. The molecule has 1 fully saturated rings. The first kappa shape index (κ1) is 13.0. The van der Waals surface area contributed by atoms with E-state index in [-0.39, 0.29) is 18.0 Å². The van der Waals surface area contributed by atoms with E-state index in [0.717, 1.165) is 37.2 Å². The molecule has 2 aliphatic rings. The quantitative estimate of drug-likeness (QED) is 0.851. The number of hydrogen-bond donors (Lipinski definition) is 1. The number of carbonyl (C=O) groups excluding carboxylic acids is 2. The third-order valence-electron chi connectivity index (χ3n) is 4.21. The Morgan fingerprint density at radius 2 is 1.95 bits per heavy atom. The first-order valence-electron chi connectivity index (χ1n) is 7.06. The van der Waals surface area contributed by atoms with Crippen molar-refractivity contribution in [1.29, 1.82) is 0 Å². The highest BCUT2D eigenvalue weighted by Crippen LogP contribution is 2.27. The number of piperidine rings is 1. The zero-order valence-corrected chi connectivity index (χ0v) is 11.6. The van der Waals surface area contributed by atoms with Crippen LogP contribution >= 0.6 is 0 Å². The summed E-state index contributed by atoms with van der Waals surface area (Å²) in [6, 6.07) is 8.10. The number of urea groups is 1. The van der Waals surface area contributed by atoms with Gasteiger partial charge in [0, 0.05) is 38.3 Å². The van der Waals surface area contributed by atoms with Gasteiger partial charge in [-0.1, -0.05) is 18.2 Å². The van der Waals surface area contributed by atoms with Crippen molar-refractivity contribution in [2.45, 2.75) is 32.4 Å². The summed E-state index contributed by atoms with van der Waals surface area (Å²) in [6.07, 6.45) is 1.71. The van der Waals surface area contributed by atoms with E-state index in [1.165, 1.54) is 0 Å². The van der Waals surface area contributed by atoms with E-state index in [2.05, 4.69) is 5.32 Å². The minimum absolute atomic E-state index is 0.0232. The lowest BCUT2D eigenvalue weighted by atomic mass is 10.0. The van der Waals surface area contributed by atoms with Crippen LogP contribution in [0.5, 0.6) is 0 Å². The number of para-hydroxylation sites is 1. The number of benzene rings is 1. The lowest BCUT2D eigenvalue weighted by Crippen LogP contribution is -2.50. The van der Waals surface area contributed by atoms with E-state index in [0.29, 0.717) is 6.54 Å². The number of likely N-dealkylation sites (tertiary alicyclic amines) is 1. The number of hydrogen-bond acceptors (Lipinski definition) is 2. The van der Waals surface area contributed by atoms with Crippen LogP contribution in [-0.2, 0) is 11.3 Å². The zero-order chi connectivity index (χ0) is 14.1. The van der Waals surface area contributed by atoms with Crippen molar-refractivity contribution < 1.29 is 9.59 Å². The molecule has 0 atom stereocenters. The van der Waals surface area contributed by atoms with Gasteiger partial charge in [-0.15, -0.1) is 0 Å². The fraction of sp³-hybridized carbons (Fsp3) is 0.467. The molecule has 0 saturated carbocycles. The number of anilines is 1. The van der Waals surface area contributed by atoms with Crippen LogP contribution < -0.4 is 5.32 Å². The Hall–Kier alpha value is -2.04. The Bertz CT molecular complexity index is 536.